The van der Waals surface area contributed by atoms with Gasteiger partial charge in [-0.1, -0.05) is 35.5 Å². The number of hydrogen-bond donors (Lipinski definition) is 2. The van der Waals surface area contributed by atoms with Gasteiger partial charge in [-0.2, -0.15) is 0 Å². The van der Waals surface area contributed by atoms with Gasteiger partial charge in [0, 0.05) is 13.6 Å². The molecule has 1 aromatic carbocycles. The van der Waals surface area contributed by atoms with Crippen LogP contribution in [0.5, 0.6) is 0 Å². The number of ether oxygens (including phenoxy) is 1. The van der Waals surface area contributed by atoms with E-state index in [-0.39, 0.29) is 17.8 Å². The van der Waals surface area contributed by atoms with Crippen LogP contribution in [0.15, 0.2) is 35.5 Å². The molecule has 1 unspecified atom stereocenters. The van der Waals surface area contributed by atoms with Gasteiger partial charge >= 0.3 is 0 Å². The smallest absolute Gasteiger partial charge is 0.237 e. The molecule has 0 saturated carbocycles. The van der Waals surface area contributed by atoms with Gasteiger partial charge in [-0.3, -0.25) is 4.79 Å². The number of amides is 1. The lowest BCUT2D eigenvalue weighted by Gasteiger charge is -2.23. The van der Waals surface area contributed by atoms with E-state index in [1.54, 1.807) is 19.2 Å². The van der Waals surface area contributed by atoms with Crippen molar-refractivity contribution in [1.82, 2.24) is 4.90 Å². The van der Waals surface area contributed by atoms with E-state index in [0.717, 1.165) is 0 Å². The van der Waals surface area contributed by atoms with Crippen molar-refractivity contribution >= 4 is 11.7 Å². The molecule has 0 aromatic heterocycles. The molecule has 6 heteroatoms. The van der Waals surface area contributed by atoms with Gasteiger partial charge in [0.2, 0.25) is 5.91 Å². The maximum Gasteiger partial charge on any atom is 0.237 e. The molecule has 0 aliphatic carbocycles. The van der Waals surface area contributed by atoms with Gasteiger partial charge < -0.3 is 20.6 Å². The molecule has 0 bridgehead atoms. The first-order valence-corrected chi connectivity index (χ1v) is 6.86. The predicted octanol–water partition coefficient (Wildman–Crippen LogP) is 1.40. The van der Waals surface area contributed by atoms with Crippen LogP contribution < -0.4 is 5.73 Å². The Balaban J connectivity index is 2.82. The van der Waals surface area contributed by atoms with Gasteiger partial charge in [0.05, 0.1) is 12.7 Å². The van der Waals surface area contributed by atoms with Crippen LogP contribution in [-0.4, -0.2) is 48.2 Å². The second-order valence-electron chi connectivity index (χ2n) is 5.05. The highest BCUT2D eigenvalue weighted by Crippen LogP contribution is 2.18. The molecular weight excluding hydrogens is 270 g/mol. The molecule has 0 radical (unpaired) electrons. The molecule has 1 atom stereocenters. The second-order valence-corrected chi connectivity index (χ2v) is 5.05. The molecule has 1 rings (SSSR count). The molecule has 1 aromatic rings. The zero-order chi connectivity index (χ0) is 15.8. The number of nitrogens with two attached hydrogens (primary N) is 1. The van der Waals surface area contributed by atoms with Crippen molar-refractivity contribution in [2.45, 2.75) is 25.9 Å². The SMILES string of the molecule is CC(C)OCCN(C)C(=O)C(/C(N)=N/O)c1ccccc1. The van der Waals surface area contributed by atoms with Gasteiger partial charge in [-0.25, -0.2) is 0 Å². The van der Waals surface area contributed by atoms with E-state index >= 15 is 0 Å². The highest BCUT2D eigenvalue weighted by molar-refractivity contribution is 6.07. The quantitative estimate of drug-likeness (QED) is 0.344. The minimum Gasteiger partial charge on any atom is -0.409 e. The fourth-order valence-electron chi connectivity index (χ4n) is 1.90. The molecular formula is C15H23N3O3. The second kappa shape index (κ2) is 8.26. The van der Waals surface area contributed by atoms with Crippen molar-refractivity contribution in [1.29, 1.82) is 0 Å². The summed E-state index contributed by atoms with van der Waals surface area (Å²) in [5.41, 5.74) is 6.38. The lowest BCUT2D eigenvalue weighted by molar-refractivity contribution is -0.130. The number of carbonyl (C=O) groups excluding carboxylic acids is 1. The van der Waals surface area contributed by atoms with Crippen molar-refractivity contribution in [3.05, 3.63) is 35.9 Å². The van der Waals surface area contributed by atoms with Gasteiger partial charge in [0.25, 0.3) is 0 Å². The summed E-state index contributed by atoms with van der Waals surface area (Å²) in [5, 5.41) is 11.9. The fraction of sp³-hybridized carbons (Fsp3) is 0.467. The van der Waals surface area contributed by atoms with Crippen LogP contribution in [0.1, 0.15) is 25.3 Å². The topological polar surface area (TPSA) is 88.2 Å². The zero-order valence-electron chi connectivity index (χ0n) is 12.7. The normalized spacial score (nSPS) is 13.2. The van der Waals surface area contributed by atoms with Crippen molar-refractivity contribution in [3.63, 3.8) is 0 Å². The van der Waals surface area contributed by atoms with E-state index in [2.05, 4.69) is 5.16 Å². The summed E-state index contributed by atoms with van der Waals surface area (Å²) >= 11 is 0. The van der Waals surface area contributed by atoms with Crippen molar-refractivity contribution in [3.8, 4) is 0 Å². The van der Waals surface area contributed by atoms with E-state index < -0.39 is 5.92 Å². The van der Waals surface area contributed by atoms with Crippen molar-refractivity contribution in [2.75, 3.05) is 20.2 Å². The first-order valence-electron chi connectivity index (χ1n) is 6.86. The van der Waals surface area contributed by atoms with E-state index in [1.807, 2.05) is 32.0 Å². The first kappa shape index (κ1) is 17.0. The van der Waals surface area contributed by atoms with Crippen LogP contribution in [0, 0.1) is 0 Å². The third-order valence-corrected chi connectivity index (χ3v) is 3.05. The van der Waals surface area contributed by atoms with E-state index in [1.165, 1.54) is 4.90 Å². The molecule has 3 N–H and O–H groups in total. The van der Waals surface area contributed by atoms with Crippen molar-refractivity contribution in [2.24, 2.45) is 10.9 Å². The summed E-state index contributed by atoms with van der Waals surface area (Å²) in [7, 11) is 1.67. The lowest BCUT2D eigenvalue weighted by atomic mass is 9.96. The molecule has 0 aliphatic heterocycles. The molecule has 21 heavy (non-hydrogen) atoms. The Morgan fingerprint density at radius 1 is 1.38 bits per heavy atom. The number of nitrogens with zero attached hydrogens (tertiary/aromatic N) is 2. The maximum atomic E-state index is 12.5. The third kappa shape index (κ3) is 5.07. The van der Waals surface area contributed by atoms with E-state index in [4.69, 9.17) is 15.7 Å². The molecule has 116 valence electrons. The van der Waals surface area contributed by atoms with E-state index in [9.17, 15) is 4.79 Å². The summed E-state index contributed by atoms with van der Waals surface area (Å²) < 4.78 is 5.43. The monoisotopic (exact) mass is 293 g/mol. The summed E-state index contributed by atoms with van der Waals surface area (Å²) in [4.78, 5) is 14.0. The van der Waals surface area contributed by atoms with Gasteiger partial charge in [0.15, 0.2) is 5.84 Å². The standard InChI is InChI=1S/C15H23N3O3/c1-11(2)21-10-9-18(3)15(19)13(14(16)17-20)12-7-5-4-6-8-12/h4-8,11,13,20H,9-10H2,1-3H3,(H2,16,17). The van der Waals surface area contributed by atoms with Crippen LogP contribution in [-0.2, 0) is 9.53 Å². The Morgan fingerprint density at radius 2 is 2.00 bits per heavy atom. The predicted molar refractivity (Wildman–Crippen MR) is 81.3 cm³/mol. The molecule has 0 heterocycles. The van der Waals surface area contributed by atoms with Gasteiger partial charge in [-0.05, 0) is 19.4 Å². The first-order chi connectivity index (χ1) is 9.97. The van der Waals surface area contributed by atoms with Crippen LogP contribution in [0.3, 0.4) is 0 Å². The number of rotatable bonds is 7. The molecule has 1 amide bonds. The highest BCUT2D eigenvalue weighted by atomic mass is 16.5. The Kier molecular flexibility index (Phi) is 6.68. The molecule has 0 aliphatic rings. The zero-order valence-corrected chi connectivity index (χ0v) is 12.7. The summed E-state index contributed by atoms with van der Waals surface area (Å²) in [6.07, 6.45) is 0.113. The largest absolute Gasteiger partial charge is 0.409 e. The third-order valence-electron chi connectivity index (χ3n) is 3.05. The number of amidine groups is 1. The van der Waals surface area contributed by atoms with Gasteiger partial charge in [0.1, 0.15) is 5.92 Å². The minimum atomic E-state index is -0.791. The van der Waals surface area contributed by atoms with E-state index in [0.29, 0.717) is 18.7 Å². The average Bonchev–Trinajstić information content (AvgIpc) is 2.47. The molecule has 6 nitrogen and oxygen atoms in total. The summed E-state index contributed by atoms with van der Waals surface area (Å²) in [6.45, 7) is 4.76. The van der Waals surface area contributed by atoms with Crippen LogP contribution in [0.4, 0.5) is 0 Å². The Bertz CT molecular complexity index is 474. The summed E-state index contributed by atoms with van der Waals surface area (Å²) in [5.74, 6) is -1.15. The Hall–Kier alpha value is -2.08. The number of benzene rings is 1. The number of likely N-dealkylation sites (N-methyl/N-ethyl adjacent to an activating group) is 1. The molecule has 0 spiro atoms. The van der Waals surface area contributed by atoms with Crippen molar-refractivity contribution < 1.29 is 14.7 Å². The van der Waals surface area contributed by atoms with Crippen LogP contribution >= 0.6 is 0 Å². The Labute approximate surface area is 125 Å². The molecule has 0 saturated heterocycles. The van der Waals surface area contributed by atoms with Crippen LogP contribution in [0.25, 0.3) is 0 Å². The summed E-state index contributed by atoms with van der Waals surface area (Å²) in [6, 6.07) is 9.01. The Morgan fingerprint density at radius 3 is 2.52 bits per heavy atom. The number of oxime groups is 1. The van der Waals surface area contributed by atoms with Crippen LogP contribution in [0.2, 0.25) is 0 Å². The lowest BCUT2D eigenvalue weighted by Crippen LogP contribution is -2.40. The molecule has 0 fully saturated rings. The number of hydrogen-bond acceptors (Lipinski definition) is 4. The fourth-order valence-corrected chi connectivity index (χ4v) is 1.90. The number of carbonyl (C=O) groups is 1. The highest BCUT2D eigenvalue weighted by Gasteiger charge is 2.27. The average molecular weight is 293 g/mol. The maximum absolute atomic E-state index is 12.5. The minimum absolute atomic E-state index is 0.113. The van der Waals surface area contributed by atoms with Gasteiger partial charge in [-0.15, -0.1) is 0 Å².